The van der Waals surface area contributed by atoms with Gasteiger partial charge in [0.05, 0.1) is 0 Å². The van der Waals surface area contributed by atoms with Gasteiger partial charge in [-0.15, -0.1) is 0 Å². The van der Waals surface area contributed by atoms with Gasteiger partial charge in [0.2, 0.25) is 0 Å². The first-order valence-electron chi connectivity index (χ1n) is 3.07. The highest BCUT2D eigenvalue weighted by atomic mass is 79.9. The van der Waals surface area contributed by atoms with E-state index in [9.17, 15) is 0 Å². The van der Waals surface area contributed by atoms with Crippen molar-refractivity contribution in [3.8, 4) is 11.8 Å². The molecule has 0 spiro atoms. The zero-order chi connectivity index (χ0) is 7.40. The highest BCUT2D eigenvalue weighted by Gasteiger charge is 1.91. The van der Waals surface area contributed by atoms with Crippen LogP contribution in [0.1, 0.15) is 19.1 Å². The molecule has 0 aliphatic carbocycles. The Morgan fingerprint density at radius 3 is 2.90 bits per heavy atom. The summed E-state index contributed by atoms with van der Waals surface area (Å²) < 4.78 is 5.86. The Morgan fingerprint density at radius 1 is 1.60 bits per heavy atom. The summed E-state index contributed by atoms with van der Waals surface area (Å²) in [5, 5.41) is 0. The largest absolute Gasteiger partial charge is 0.441 e. The fourth-order valence-corrected chi connectivity index (χ4v) is 0.864. The summed E-state index contributed by atoms with van der Waals surface area (Å²) in [6.07, 6.45) is 0.859. The third kappa shape index (κ3) is 1.93. The molecule has 1 aromatic rings. The Balaban J connectivity index is 2.76. The Kier molecular flexibility index (Phi) is 2.58. The van der Waals surface area contributed by atoms with Crippen molar-refractivity contribution in [3.05, 3.63) is 22.6 Å². The van der Waals surface area contributed by atoms with Gasteiger partial charge in [0, 0.05) is 6.42 Å². The third-order valence-electron chi connectivity index (χ3n) is 0.962. The molecule has 2 heteroatoms. The number of hydrogen-bond acceptors (Lipinski definition) is 1. The Morgan fingerprint density at radius 2 is 2.40 bits per heavy atom. The Hall–Kier alpha value is -0.680. The molecule has 0 fully saturated rings. The van der Waals surface area contributed by atoms with Gasteiger partial charge in [0.1, 0.15) is 0 Å². The van der Waals surface area contributed by atoms with Crippen molar-refractivity contribution in [2.75, 3.05) is 0 Å². The molecular weight excluding hydrogens is 192 g/mol. The van der Waals surface area contributed by atoms with E-state index in [0.717, 1.165) is 11.1 Å². The van der Waals surface area contributed by atoms with Gasteiger partial charge in [-0.05, 0) is 34.0 Å². The molecule has 0 saturated carbocycles. The predicted molar refractivity (Wildman–Crippen MR) is 43.6 cm³/mol. The molecule has 1 nitrogen and oxygen atoms in total. The topological polar surface area (TPSA) is 13.1 Å². The average Bonchev–Trinajstić information content (AvgIpc) is 2.31. The quantitative estimate of drug-likeness (QED) is 0.585. The van der Waals surface area contributed by atoms with Gasteiger partial charge in [-0.25, -0.2) is 0 Å². The van der Waals surface area contributed by atoms with Gasteiger partial charge >= 0.3 is 0 Å². The van der Waals surface area contributed by atoms with E-state index in [1.807, 2.05) is 19.1 Å². The van der Waals surface area contributed by atoms with Crippen molar-refractivity contribution in [2.24, 2.45) is 0 Å². The predicted octanol–water partition coefficient (Wildman–Crippen LogP) is 2.80. The summed E-state index contributed by atoms with van der Waals surface area (Å²) in [7, 11) is 0. The maximum Gasteiger partial charge on any atom is 0.178 e. The van der Waals surface area contributed by atoms with Gasteiger partial charge in [0.15, 0.2) is 10.4 Å². The zero-order valence-electron chi connectivity index (χ0n) is 5.65. The van der Waals surface area contributed by atoms with Crippen LogP contribution in [0.2, 0.25) is 0 Å². The van der Waals surface area contributed by atoms with E-state index in [2.05, 4.69) is 27.8 Å². The van der Waals surface area contributed by atoms with E-state index in [1.165, 1.54) is 0 Å². The van der Waals surface area contributed by atoms with Crippen LogP contribution in [0.5, 0.6) is 0 Å². The lowest BCUT2D eigenvalue weighted by Gasteiger charge is -1.76. The van der Waals surface area contributed by atoms with E-state index < -0.39 is 0 Å². The highest BCUT2D eigenvalue weighted by molar-refractivity contribution is 9.10. The van der Waals surface area contributed by atoms with Crippen LogP contribution < -0.4 is 0 Å². The molecule has 1 heterocycles. The summed E-state index contributed by atoms with van der Waals surface area (Å²) in [5.74, 6) is 6.50. The molecule has 1 aromatic heterocycles. The summed E-state index contributed by atoms with van der Waals surface area (Å²) in [4.78, 5) is 0. The van der Waals surface area contributed by atoms with Crippen LogP contribution >= 0.6 is 15.9 Å². The normalized spacial score (nSPS) is 8.60. The first-order chi connectivity index (χ1) is 4.83. The fraction of sp³-hybridized carbons (Fsp3) is 0.250. The SMILES string of the molecule is CCC#Cc1ccc(Br)o1. The van der Waals surface area contributed by atoms with Crippen LogP contribution in [-0.2, 0) is 0 Å². The van der Waals surface area contributed by atoms with Crippen molar-refractivity contribution in [3.63, 3.8) is 0 Å². The molecule has 0 saturated heterocycles. The second-order valence-electron chi connectivity index (χ2n) is 1.76. The van der Waals surface area contributed by atoms with Gasteiger partial charge in [0.25, 0.3) is 0 Å². The monoisotopic (exact) mass is 198 g/mol. The number of furan rings is 1. The standard InChI is InChI=1S/C8H7BrO/c1-2-3-4-7-5-6-8(9)10-7/h5-6H,2H2,1H3. The number of rotatable bonds is 0. The molecule has 0 unspecified atom stereocenters. The first-order valence-corrected chi connectivity index (χ1v) is 3.86. The lowest BCUT2D eigenvalue weighted by Crippen LogP contribution is -1.61. The van der Waals surface area contributed by atoms with Gasteiger partial charge in [-0.3, -0.25) is 0 Å². The fourth-order valence-electron chi connectivity index (χ4n) is 0.557. The molecule has 0 bridgehead atoms. The van der Waals surface area contributed by atoms with Gasteiger partial charge in [-0.1, -0.05) is 12.8 Å². The van der Waals surface area contributed by atoms with Crippen molar-refractivity contribution < 1.29 is 4.42 Å². The second-order valence-corrected chi connectivity index (χ2v) is 2.54. The molecule has 52 valence electrons. The molecule has 0 aliphatic heterocycles. The lowest BCUT2D eigenvalue weighted by atomic mass is 10.4. The minimum atomic E-state index is 0.716. The maximum absolute atomic E-state index is 5.13. The molecule has 1 rings (SSSR count). The lowest BCUT2D eigenvalue weighted by molar-refractivity contribution is 0.529. The minimum Gasteiger partial charge on any atom is -0.441 e. The van der Waals surface area contributed by atoms with E-state index in [1.54, 1.807) is 0 Å². The van der Waals surface area contributed by atoms with Crippen LogP contribution in [0.3, 0.4) is 0 Å². The first kappa shape index (κ1) is 7.43. The summed E-state index contributed by atoms with van der Waals surface area (Å²) >= 11 is 3.19. The van der Waals surface area contributed by atoms with Crippen LogP contribution in [0.25, 0.3) is 0 Å². The van der Waals surface area contributed by atoms with E-state index >= 15 is 0 Å². The van der Waals surface area contributed by atoms with Gasteiger partial charge in [-0.2, -0.15) is 0 Å². The van der Waals surface area contributed by atoms with E-state index in [4.69, 9.17) is 4.42 Å². The Labute approximate surface area is 68.6 Å². The molecule has 0 amide bonds. The summed E-state index contributed by atoms with van der Waals surface area (Å²) in [5.41, 5.74) is 0. The third-order valence-corrected chi connectivity index (χ3v) is 1.39. The van der Waals surface area contributed by atoms with Crippen LogP contribution in [0, 0.1) is 11.8 Å². The minimum absolute atomic E-state index is 0.716. The van der Waals surface area contributed by atoms with Crippen molar-refractivity contribution in [2.45, 2.75) is 13.3 Å². The molecule has 0 atom stereocenters. The molecule has 10 heavy (non-hydrogen) atoms. The maximum atomic E-state index is 5.13. The second kappa shape index (κ2) is 3.48. The molecular formula is C8H7BrO. The molecule has 0 aromatic carbocycles. The van der Waals surface area contributed by atoms with Crippen molar-refractivity contribution in [1.29, 1.82) is 0 Å². The molecule has 0 N–H and O–H groups in total. The summed E-state index contributed by atoms with van der Waals surface area (Å²) in [6, 6.07) is 3.67. The number of hydrogen-bond donors (Lipinski definition) is 0. The zero-order valence-corrected chi connectivity index (χ0v) is 7.23. The highest BCUT2D eigenvalue weighted by Crippen LogP contribution is 2.12. The Bertz CT molecular complexity index is 264. The molecule has 0 aliphatic rings. The van der Waals surface area contributed by atoms with Crippen molar-refractivity contribution in [1.82, 2.24) is 0 Å². The van der Waals surface area contributed by atoms with Crippen LogP contribution in [0.15, 0.2) is 21.2 Å². The van der Waals surface area contributed by atoms with Crippen LogP contribution in [-0.4, -0.2) is 0 Å². The summed E-state index contributed by atoms with van der Waals surface area (Å²) in [6.45, 7) is 2.00. The van der Waals surface area contributed by atoms with Gasteiger partial charge < -0.3 is 4.42 Å². The average molecular weight is 199 g/mol. The van der Waals surface area contributed by atoms with Crippen molar-refractivity contribution >= 4 is 15.9 Å². The van der Waals surface area contributed by atoms with Crippen LogP contribution in [0.4, 0.5) is 0 Å². The number of halogens is 1. The van der Waals surface area contributed by atoms with E-state index in [0.29, 0.717) is 5.76 Å². The smallest absolute Gasteiger partial charge is 0.178 e. The van der Waals surface area contributed by atoms with E-state index in [-0.39, 0.29) is 0 Å². The molecule has 0 radical (unpaired) electrons.